The van der Waals surface area contributed by atoms with E-state index in [9.17, 15) is 18.0 Å². The number of anilines is 1. The first-order chi connectivity index (χ1) is 17.6. The van der Waals surface area contributed by atoms with E-state index in [2.05, 4.69) is 21.2 Å². The lowest BCUT2D eigenvalue weighted by molar-refractivity contribution is -0.140. The van der Waals surface area contributed by atoms with E-state index in [0.717, 1.165) is 29.1 Å². The van der Waals surface area contributed by atoms with Gasteiger partial charge in [0, 0.05) is 30.5 Å². The lowest BCUT2D eigenvalue weighted by Crippen LogP contribution is -2.47. The van der Waals surface area contributed by atoms with Gasteiger partial charge in [-0.25, -0.2) is 8.42 Å². The topological polar surface area (TPSA) is 96.0 Å². The molecule has 0 aliphatic heterocycles. The third kappa shape index (κ3) is 10.0. The smallest absolute Gasteiger partial charge is 0.242 e. The van der Waals surface area contributed by atoms with Crippen molar-refractivity contribution in [3.63, 3.8) is 0 Å². The number of nitrogens with one attached hydrogen (secondary N) is 1. The van der Waals surface area contributed by atoms with Crippen LogP contribution in [0.4, 0.5) is 5.69 Å². The Morgan fingerprint density at radius 3 is 2.24 bits per heavy atom. The van der Waals surface area contributed by atoms with Gasteiger partial charge in [0.15, 0.2) is 0 Å². The standard InChI is InChI=1S/C27H38BrN3O5S/c1-5-7-18-29-27(33)21(3)30(20-22-10-12-23(28)13-11-22)26(32)9-8-19-31(37(4,34)35)24-14-16-25(17-15-24)36-6-2/h10-17,21H,5-9,18-20H2,1-4H3,(H,29,33)/t21-/m0/s1. The molecule has 0 fully saturated rings. The Morgan fingerprint density at radius 1 is 1.03 bits per heavy atom. The molecule has 0 spiro atoms. The largest absolute Gasteiger partial charge is 0.494 e. The summed E-state index contributed by atoms with van der Waals surface area (Å²) >= 11 is 3.42. The van der Waals surface area contributed by atoms with E-state index >= 15 is 0 Å². The van der Waals surface area contributed by atoms with Crippen LogP contribution in [-0.2, 0) is 26.2 Å². The van der Waals surface area contributed by atoms with Crippen molar-refractivity contribution in [3.05, 3.63) is 58.6 Å². The van der Waals surface area contributed by atoms with E-state index in [4.69, 9.17) is 4.74 Å². The van der Waals surface area contributed by atoms with Crippen molar-refractivity contribution in [1.29, 1.82) is 0 Å². The maximum atomic E-state index is 13.3. The highest BCUT2D eigenvalue weighted by Gasteiger charge is 2.26. The van der Waals surface area contributed by atoms with E-state index < -0.39 is 16.1 Å². The molecule has 0 bridgehead atoms. The Bertz CT molecular complexity index is 1110. The number of hydrogen-bond donors (Lipinski definition) is 1. The molecule has 0 aliphatic carbocycles. The summed E-state index contributed by atoms with van der Waals surface area (Å²) in [6.07, 6.45) is 3.38. The van der Waals surface area contributed by atoms with Crippen LogP contribution in [0.5, 0.6) is 5.75 Å². The second kappa shape index (κ2) is 15.0. The molecular formula is C27H38BrN3O5S. The van der Waals surface area contributed by atoms with Crippen LogP contribution in [0, 0.1) is 0 Å². The second-order valence-electron chi connectivity index (χ2n) is 8.83. The lowest BCUT2D eigenvalue weighted by atomic mass is 10.1. The van der Waals surface area contributed by atoms with Gasteiger partial charge in [0.1, 0.15) is 11.8 Å². The van der Waals surface area contributed by atoms with Crippen LogP contribution >= 0.6 is 15.9 Å². The molecule has 0 radical (unpaired) electrons. The molecule has 2 rings (SSSR count). The van der Waals surface area contributed by atoms with Gasteiger partial charge in [-0.1, -0.05) is 41.4 Å². The first-order valence-electron chi connectivity index (χ1n) is 12.6. The predicted octanol–water partition coefficient (Wildman–Crippen LogP) is 4.73. The quantitative estimate of drug-likeness (QED) is 0.300. The van der Waals surface area contributed by atoms with Gasteiger partial charge in [-0.15, -0.1) is 0 Å². The third-order valence-corrected chi connectivity index (χ3v) is 7.57. The van der Waals surface area contributed by atoms with Gasteiger partial charge in [-0.2, -0.15) is 0 Å². The maximum Gasteiger partial charge on any atom is 0.242 e. The number of sulfonamides is 1. The number of unbranched alkanes of at least 4 members (excludes halogenated alkanes) is 1. The first kappa shape index (κ1) is 30.6. The summed E-state index contributed by atoms with van der Waals surface area (Å²) in [7, 11) is -3.56. The van der Waals surface area contributed by atoms with E-state index in [-0.39, 0.29) is 31.3 Å². The fourth-order valence-electron chi connectivity index (χ4n) is 3.78. The van der Waals surface area contributed by atoms with Gasteiger partial charge in [0.25, 0.3) is 0 Å². The van der Waals surface area contributed by atoms with Crippen molar-refractivity contribution < 1.29 is 22.7 Å². The number of nitrogens with zero attached hydrogens (tertiary/aromatic N) is 2. The van der Waals surface area contributed by atoms with E-state index in [0.29, 0.717) is 31.0 Å². The minimum Gasteiger partial charge on any atom is -0.494 e. The van der Waals surface area contributed by atoms with Crippen LogP contribution in [0.2, 0.25) is 0 Å². The van der Waals surface area contributed by atoms with Crippen molar-refractivity contribution in [3.8, 4) is 5.75 Å². The molecule has 204 valence electrons. The number of amides is 2. The number of benzene rings is 2. The highest BCUT2D eigenvalue weighted by molar-refractivity contribution is 9.10. The minimum atomic E-state index is -3.56. The molecule has 0 aliphatic rings. The highest BCUT2D eigenvalue weighted by Crippen LogP contribution is 2.23. The number of carbonyl (C=O) groups excluding carboxylic acids is 2. The summed E-state index contributed by atoms with van der Waals surface area (Å²) in [5.74, 6) is 0.247. The number of hydrogen-bond acceptors (Lipinski definition) is 5. The molecule has 0 unspecified atom stereocenters. The molecule has 10 heteroatoms. The van der Waals surface area contributed by atoms with Crippen LogP contribution in [0.1, 0.15) is 52.0 Å². The van der Waals surface area contributed by atoms with Crippen LogP contribution < -0.4 is 14.4 Å². The van der Waals surface area contributed by atoms with Crippen molar-refractivity contribution in [2.75, 3.05) is 30.3 Å². The highest BCUT2D eigenvalue weighted by atomic mass is 79.9. The van der Waals surface area contributed by atoms with Crippen molar-refractivity contribution in [2.45, 2.75) is 59.0 Å². The fraction of sp³-hybridized carbons (Fsp3) is 0.481. The normalized spacial score (nSPS) is 12.0. The average Bonchev–Trinajstić information content (AvgIpc) is 2.86. The molecular weight excluding hydrogens is 558 g/mol. The summed E-state index contributed by atoms with van der Waals surface area (Å²) in [5, 5.41) is 2.90. The number of halogens is 1. The lowest BCUT2D eigenvalue weighted by Gasteiger charge is -2.29. The molecule has 0 heterocycles. The van der Waals surface area contributed by atoms with Crippen LogP contribution in [0.25, 0.3) is 0 Å². The van der Waals surface area contributed by atoms with Crippen LogP contribution in [0.15, 0.2) is 53.0 Å². The number of carbonyl (C=O) groups is 2. The third-order valence-electron chi connectivity index (χ3n) is 5.85. The summed E-state index contributed by atoms with van der Waals surface area (Å²) in [6.45, 7) is 7.15. The van der Waals surface area contributed by atoms with Gasteiger partial charge in [-0.3, -0.25) is 13.9 Å². The van der Waals surface area contributed by atoms with Crippen molar-refractivity contribution in [2.24, 2.45) is 0 Å². The molecule has 0 saturated heterocycles. The van der Waals surface area contributed by atoms with Crippen molar-refractivity contribution in [1.82, 2.24) is 10.2 Å². The molecule has 8 nitrogen and oxygen atoms in total. The average molecular weight is 597 g/mol. The van der Waals surface area contributed by atoms with Crippen LogP contribution in [0.3, 0.4) is 0 Å². The monoisotopic (exact) mass is 595 g/mol. The Hall–Kier alpha value is -2.59. The summed E-state index contributed by atoms with van der Waals surface area (Å²) in [5.41, 5.74) is 1.41. The molecule has 1 N–H and O–H groups in total. The zero-order chi connectivity index (χ0) is 27.4. The molecule has 0 aromatic heterocycles. The summed E-state index contributed by atoms with van der Waals surface area (Å²) in [4.78, 5) is 27.7. The molecule has 2 amide bonds. The molecule has 2 aromatic rings. The Labute approximate surface area is 229 Å². The summed E-state index contributed by atoms with van der Waals surface area (Å²) in [6, 6.07) is 13.8. The zero-order valence-electron chi connectivity index (χ0n) is 22.1. The Balaban J connectivity index is 2.12. The van der Waals surface area contributed by atoms with Crippen LogP contribution in [-0.4, -0.2) is 57.1 Å². The van der Waals surface area contributed by atoms with Gasteiger partial charge in [0.2, 0.25) is 21.8 Å². The SMILES string of the molecule is CCCCNC(=O)[C@H](C)N(Cc1ccc(Br)cc1)C(=O)CCCN(c1ccc(OCC)cc1)S(C)(=O)=O. The summed E-state index contributed by atoms with van der Waals surface area (Å²) < 4.78 is 32.6. The van der Waals surface area contributed by atoms with E-state index in [1.807, 2.05) is 38.1 Å². The minimum absolute atomic E-state index is 0.103. The Kier molecular flexibility index (Phi) is 12.4. The first-order valence-corrected chi connectivity index (χ1v) is 15.2. The van der Waals surface area contributed by atoms with Gasteiger partial charge in [-0.05, 0) is 68.7 Å². The molecule has 0 saturated carbocycles. The Morgan fingerprint density at radius 2 is 1.68 bits per heavy atom. The molecule has 1 atom stereocenters. The number of ether oxygens (including phenoxy) is 1. The molecule has 2 aromatic carbocycles. The van der Waals surface area contributed by atoms with Gasteiger partial charge < -0.3 is 15.0 Å². The van der Waals surface area contributed by atoms with E-state index in [1.54, 1.807) is 36.1 Å². The number of rotatable bonds is 15. The predicted molar refractivity (Wildman–Crippen MR) is 151 cm³/mol. The zero-order valence-corrected chi connectivity index (χ0v) is 24.5. The van der Waals surface area contributed by atoms with Gasteiger partial charge in [0.05, 0.1) is 18.6 Å². The second-order valence-corrected chi connectivity index (χ2v) is 11.7. The van der Waals surface area contributed by atoms with E-state index in [1.165, 1.54) is 4.31 Å². The maximum absolute atomic E-state index is 13.3. The van der Waals surface area contributed by atoms with Gasteiger partial charge >= 0.3 is 0 Å². The van der Waals surface area contributed by atoms with Crippen molar-refractivity contribution >= 4 is 43.5 Å². The fourth-order valence-corrected chi connectivity index (χ4v) is 5.01. The molecule has 37 heavy (non-hydrogen) atoms.